The lowest BCUT2D eigenvalue weighted by Gasteiger charge is -2.18. The molecule has 33 heavy (non-hydrogen) atoms. The van der Waals surface area contributed by atoms with Crippen LogP contribution in [-0.2, 0) is 24.2 Å². The number of pyridine rings is 1. The van der Waals surface area contributed by atoms with Crippen molar-refractivity contribution in [1.29, 1.82) is 0 Å². The van der Waals surface area contributed by atoms with E-state index in [0.717, 1.165) is 25.2 Å². The van der Waals surface area contributed by atoms with E-state index in [4.69, 9.17) is 4.74 Å². The lowest BCUT2D eigenvalue weighted by Crippen LogP contribution is -2.23. The van der Waals surface area contributed by atoms with Crippen LogP contribution in [0.3, 0.4) is 0 Å². The minimum absolute atomic E-state index is 0.190. The van der Waals surface area contributed by atoms with Crippen LogP contribution in [0, 0.1) is 0 Å². The van der Waals surface area contributed by atoms with E-state index in [1.54, 1.807) is 33.9 Å². The Balaban J connectivity index is 1.59. The van der Waals surface area contributed by atoms with E-state index < -0.39 is 6.29 Å². The summed E-state index contributed by atoms with van der Waals surface area (Å²) in [6.07, 6.45) is 2.95. The van der Waals surface area contributed by atoms with Crippen LogP contribution in [-0.4, -0.2) is 43.1 Å². The Morgan fingerprint density at radius 2 is 2.12 bits per heavy atom. The lowest BCUT2D eigenvalue weighted by atomic mass is 10.0. The van der Waals surface area contributed by atoms with Crippen molar-refractivity contribution in [1.82, 2.24) is 29.6 Å². The summed E-state index contributed by atoms with van der Waals surface area (Å²) in [4.78, 5) is 26.2. The fraction of sp³-hybridized carbons (Fsp3) is 0.304. The second-order valence-corrected chi connectivity index (χ2v) is 7.83. The summed E-state index contributed by atoms with van der Waals surface area (Å²) < 4.78 is 8.27. The van der Waals surface area contributed by atoms with Crippen LogP contribution < -0.4 is 16.2 Å². The molecule has 3 aromatic heterocycles. The van der Waals surface area contributed by atoms with E-state index in [0.29, 0.717) is 34.9 Å². The number of hydrogen-bond acceptors (Lipinski definition) is 8. The minimum atomic E-state index is -1.17. The molecule has 0 bridgehead atoms. The number of aliphatic hydroxyl groups is 1. The molecule has 5 rings (SSSR count). The van der Waals surface area contributed by atoms with E-state index in [-0.39, 0.29) is 5.56 Å². The average molecular weight is 447 g/mol. The molecule has 10 nitrogen and oxygen atoms in total. The molecule has 0 fully saturated rings. The Hall–Kier alpha value is -3.60. The lowest BCUT2D eigenvalue weighted by molar-refractivity contribution is -0.0798. The highest BCUT2D eigenvalue weighted by Crippen LogP contribution is 2.23. The van der Waals surface area contributed by atoms with Crippen LogP contribution in [0.1, 0.15) is 30.0 Å². The van der Waals surface area contributed by atoms with Crippen LogP contribution in [0.4, 0.5) is 11.6 Å². The van der Waals surface area contributed by atoms with Gasteiger partial charge in [-0.05, 0) is 55.3 Å². The van der Waals surface area contributed by atoms with Crippen LogP contribution in [0.15, 0.2) is 47.5 Å². The van der Waals surface area contributed by atoms with E-state index >= 15 is 0 Å². The zero-order valence-electron chi connectivity index (χ0n) is 18.4. The third kappa shape index (κ3) is 3.88. The zero-order chi connectivity index (χ0) is 22.9. The number of fused-ring (bicyclic) bond motifs is 2. The molecule has 4 heterocycles. The Kier molecular flexibility index (Phi) is 5.63. The minimum Gasteiger partial charge on any atom is -0.363 e. The molecule has 0 spiro atoms. The first-order chi connectivity index (χ1) is 16.1. The molecular weight excluding hydrogens is 422 g/mol. The number of rotatable bonds is 6. The third-order valence-corrected chi connectivity index (χ3v) is 5.81. The van der Waals surface area contributed by atoms with Gasteiger partial charge in [0.05, 0.1) is 11.4 Å². The first-order valence-electron chi connectivity index (χ1n) is 10.8. The van der Waals surface area contributed by atoms with Crippen molar-refractivity contribution in [2.75, 3.05) is 19.0 Å². The van der Waals surface area contributed by atoms with Crippen molar-refractivity contribution in [2.24, 2.45) is 0 Å². The molecule has 170 valence electrons. The van der Waals surface area contributed by atoms with Gasteiger partial charge in [-0.25, -0.2) is 14.3 Å². The van der Waals surface area contributed by atoms with Gasteiger partial charge in [-0.15, -0.1) is 0 Å². The van der Waals surface area contributed by atoms with E-state index in [2.05, 4.69) is 37.7 Å². The van der Waals surface area contributed by atoms with Crippen molar-refractivity contribution < 1.29 is 9.84 Å². The molecular formula is C23H25N7O3. The van der Waals surface area contributed by atoms with Gasteiger partial charge in [0.25, 0.3) is 5.56 Å². The summed E-state index contributed by atoms with van der Waals surface area (Å²) in [5.41, 5.74) is 4.72. The average Bonchev–Trinajstić information content (AvgIpc) is 3.14. The number of nitrogens with zero attached hydrogens (tertiary/aromatic N) is 5. The van der Waals surface area contributed by atoms with Gasteiger partial charge in [0.15, 0.2) is 11.9 Å². The Bertz CT molecular complexity index is 1380. The summed E-state index contributed by atoms with van der Waals surface area (Å²) in [6.45, 7) is 4.14. The molecule has 1 aliphatic rings. The second kappa shape index (κ2) is 8.74. The largest absolute Gasteiger partial charge is 0.363 e. The van der Waals surface area contributed by atoms with E-state index in [1.165, 1.54) is 18.2 Å². The predicted molar refractivity (Wildman–Crippen MR) is 124 cm³/mol. The number of hydrogen-bond donors (Lipinski definition) is 3. The normalized spacial score (nSPS) is 14.3. The van der Waals surface area contributed by atoms with Crippen molar-refractivity contribution in [3.63, 3.8) is 0 Å². The van der Waals surface area contributed by atoms with Crippen LogP contribution in [0.5, 0.6) is 0 Å². The van der Waals surface area contributed by atoms with Gasteiger partial charge in [-0.3, -0.25) is 9.78 Å². The maximum absolute atomic E-state index is 13.0. The van der Waals surface area contributed by atoms with Crippen LogP contribution in [0.25, 0.3) is 16.7 Å². The van der Waals surface area contributed by atoms with E-state index in [9.17, 15) is 9.90 Å². The molecule has 10 heteroatoms. The molecule has 1 atom stereocenters. The Morgan fingerprint density at radius 3 is 2.94 bits per heavy atom. The third-order valence-electron chi connectivity index (χ3n) is 5.81. The van der Waals surface area contributed by atoms with Gasteiger partial charge in [0.2, 0.25) is 5.95 Å². The van der Waals surface area contributed by atoms with E-state index in [1.807, 2.05) is 13.0 Å². The molecule has 0 saturated heterocycles. The highest BCUT2D eigenvalue weighted by atomic mass is 16.6. The quantitative estimate of drug-likeness (QED) is 0.384. The molecule has 0 aliphatic carbocycles. The standard InChI is InChI=1S/C23H25N7O3/c1-3-29-21(31)18-13-26-23(27-16-5-4-14-6-8-24-12-15(14)10-16)28-20(18)30(29)17-7-9-25-19(11-17)22(32)33-2/h4-5,7,9-11,13,22,24,32H,3,6,8,12H2,1-2H3,(H,26,27,28). The van der Waals surface area contributed by atoms with Gasteiger partial charge in [-0.2, -0.15) is 4.98 Å². The molecule has 0 radical (unpaired) electrons. The van der Waals surface area contributed by atoms with Crippen LogP contribution in [0.2, 0.25) is 0 Å². The number of ether oxygens (including phenoxy) is 1. The number of aliphatic hydroxyl groups excluding tert-OH is 1. The molecule has 1 unspecified atom stereocenters. The van der Waals surface area contributed by atoms with Gasteiger partial charge in [-0.1, -0.05) is 6.07 Å². The topological polar surface area (TPSA) is 119 Å². The first-order valence-corrected chi connectivity index (χ1v) is 10.8. The monoisotopic (exact) mass is 447 g/mol. The molecule has 1 aliphatic heterocycles. The summed E-state index contributed by atoms with van der Waals surface area (Å²) in [5, 5.41) is 17.1. The maximum Gasteiger partial charge on any atom is 0.278 e. The number of methoxy groups -OCH3 is 1. The van der Waals surface area contributed by atoms with Gasteiger partial charge < -0.3 is 20.5 Å². The Morgan fingerprint density at radius 1 is 1.24 bits per heavy atom. The number of aromatic nitrogens is 5. The summed E-state index contributed by atoms with van der Waals surface area (Å²) in [6, 6.07) is 9.66. The van der Waals surface area contributed by atoms with Crippen molar-refractivity contribution in [2.45, 2.75) is 32.7 Å². The SMILES string of the molecule is CCn1c(=O)c2cnc(Nc3ccc4c(c3)CNCC4)nc2n1-c1ccnc(C(O)OC)c1. The molecule has 3 N–H and O–H groups in total. The zero-order valence-corrected chi connectivity index (χ0v) is 18.4. The molecule has 0 saturated carbocycles. The van der Waals surface area contributed by atoms with Crippen molar-refractivity contribution in [3.8, 4) is 5.69 Å². The number of nitrogens with one attached hydrogen (secondary N) is 2. The Labute approximate surface area is 189 Å². The summed E-state index contributed by atoms with van der Waals surface area (Å²) in [5.74, 6) is 0.388. The van der Waals surface area contributed by atoms with Gasteiger partial charge in [0, 0.05) is 38.3 Å². The molecule has 0 amide bonds. The highest BCUT2D eigenvalue weighted by molar-refractivity contribution is 5.77. The fourth-order valence-corrected chi connectivity index (χ4v) is 4.15. The second-order valence-electron chi connectivity index (χ2n) is 7.83. The van der Waals surface area contributed by atoms with Gasteiger partial charge in [0.1, 0.15) is 5.39 Å². The van der Waals surface area contributed by atoms with Crippen LogP contribution >= 0.6 is 0 Å². The number of benzene rings is 1. The maximum atomic E-state index is 13.0. The summed E-state index contributed by atoms with van der Waals surface area (Å²) >= 11 is 0. The van der Waals surface area contributed by atoms with Crippen molar-refractivity contribution in [3.05, 3.63) is 69.9 Å². The molecule has 4 aromatic rings. The van der Waals surface area contributed by atoms with Gasteiger partial charge >= 0.3 is 0 Å². The highest BCUT2D eigenvalue weighted by Gasteiger charge is 2.18. The van der Waals surface area contributed by atoms with Crippen molar-refractivity contribution >= 4 is 22.7 Å². The number of anilines is 2. The predicted octanol–water partition coefficient (Wildman–Crippen LogP) is 2.02. The molecule has 1 aromatic carbocycles. The smallest absolute Gasteiger partial charge is 0.278 e. The fourth-order valence-electron chi connectivity index (χ4n) is 4.15. The first kappa shape index (κ1) is 21.3. The summed E-state index contributed by atoms with van der Waals surface area (Å²) in [7, 11) is 1.40.